The van der Waals surface area contributed by atoms with Gasteiger partial charge < -0.3 is 19.7 Å². The first-order valence-electron chi connectivity index (χ1n) is 3.78. The summed E-state index contributed by atoms with van der Waals surface area (Å²) in [6.07, 6.45) is 0. The third kappa shape index (κ3) is 1.71. The van der Waals surface area contributed by atoms with E-state index < -0.39 is 5.97 Å². The van der Waals surface area contributed by atoms with Crippen molar-refractivity contribution >= 4 is 5.97 Å². The maximum absolute atomic E-state index is 10.8. The number of methoxy groups -OCH3 is 2. The highest BCUT2D eigenvalue weighted by Crippen LogP contribution is 2.34. The Hall–Kier alpha value is -1.91. The van der Waals surface area contributed by atoms with Gasteiger partial charge in [-0.05, 0) is 6.07 Å². The third-order valence-corrected chi connectivity index (χ3v) is 1.71. The van der Waals surface area contributed by atoms with Crippen molar-refractivity contribution in [3.05, 3.63) is 17.7 Å². The van der Waals surface area contributed by atoms with Crippen molar-refractivity contribution in [3.8, 4) is 17.2 Å². The van der Waals surface area contributed by atoms with Crippen LogP contribution in [0.5, 0.6) is 17.2 Å². The minimum atomic E-state index is -1.18. The van der Waals surface area contributed by atoms with Gasteiger partial charge in [-0.25, -0.2) is 4.79 Å². The molecule has 0 bridgehead atoms. The number of carboxylic acids is 1. The van der Waals surface area contributed by atoms with Gasteiger partial charge in [-0.1, -0.05) is 0 Å². The predicted molar refractivity (Wildman–Crippen MR) is 48.2 cm³/mol. The number of ether oxygens (including phenoxy) is 2. The zero-order chi connectivity index (χ0) is 10.7. The van der Waals surface area contributed by atoms with Crippen molar-refractivity contribution in [2.24, 2.45) is 0 Å². The lowest BCUT2D eigenvalue weighted by molar-refractivity contribution is 0.0692. The van der Waals surface area contributed by atoms with E-state index in [2.05, 4.69) is 0 Å². The SMILES string of the molecule is COc1cc(O)c(OC)c(C(=O)O)c1. The molecule has 0 saturated heterocycles. The largest absolute Gasteiger partial charge is 0.504 e. The van der Waals surface area contributed by atoms with E-state index in [9.17, 15) is 9.90 Å². The zero-order valence-electron chi connectivity index (χ0n) is 7.77. The van der Waals surface area contributed by atoms with Crippen LogP contribution in [0.25, 0.3) is 0 Å². The van der Waals surface area contributed by atoms with Gasteiger partial charge in [0, 0.05) is 6.07 Å². The first kappa shape index (κ1) is 10.2. The van der Waals surface area contributed by atoms with Gasteiger partial charge in [-0.2, -0.15) is 0 Å². The van der Waals surface area contributed by atoms with Crippen LogP contribution in [0.2, 0.25) is 0 Å². The smallest absolute Gasteiger partial charge is 0.339 e. The highest BCUT2D eigenvalue weighted by Gasteiger charge is 2.16. The lowest BCUT2D eigenvalue weighted by Crippen LogP contribution is -2.01. The molecule has 14 heavy (non-hydrogen) atoms. The van der Waals surface area contributed by atoms with Crippen LogP contribution in [0, 0.1) is 0 Å². The monoisotopic (exact) mass is 198 g/mol. The summed E-state index contributed by atoms with van der Waals surface area (Å²) < 4.78 is 9.56. The number of rotatable bonds is 3. The van der Waals surface area contributed by atoms with E-state index in [1.165, 1.54) is 26.4 Å². The maximum atomic E-state index is 10.8. The summed E-state index contributed by atoms with van der Waals surface area (Å²) in [5, 5.41) is 18.2. The number of phenolic OH excluding ortho intramolecular Hbond substituents is 1. The average molecular weight is 198 g/mol. The van der Waals surface area contributed by atoms with Crippen molar-refractivity contribution in [1.82, 2.24) is 0 Å². The molecule has 0 fully saturated rings. The number of aromatic carboxylic acids is 1. The van der Waals surface area contributed by atoms with Crippen LogP contribution in [0.1, 0.15) is 10.4 Å². The number of carboxylic acid groups (broad SMARTS) is 1. The summed E-state index contributed by atoms with van der Waals surface area (Å²) >= 11 is 0. The highest BCUT2D eigenvalue weighted by molar-refractivity contribution is 5.92. The highest BCUT2D eigenvalue weighted by atomic mass is 16.5. The third-order valence-electron chi connectivity index (χ3n) is 1.71. The fourth-order valence-corrected chi connectivity index (χ4v) is 1.08. The Morgan fingerprint density at radius 2 is 1.93 bits per heavy atom. The van der Waals surface area contributed by atoms with Gasteiger partial charge in [0.25, 0.3) is 0 Å². The number of carbonyl (C=O) groups is 1. The van der Waals surface area contributed by atoms with Gasteiger partial charge in [0.1, 0.15) is 11.3 Å². The van der Waals surface area contributed by atoms with E-state index in [1.54, 1.807) is 0 Å². The lowest BCUT2D eigenvalue weighted by atomic mass is 10.1. The summed E-state index contributed by atoms with van der Waals surface area (Å²) in [4.78, 5) is 10.8. The number of aromatic hydroxyl groups is 1. The van der Waals surface area contributed by atoms with Crippen LogP contribution >= 0.6 is 0 Å². The molecule has 0 amide bonds. The van der Waals surface area contributed by atoms with Crippen molar-refractivity contribution in [3.63, 3.8) is 0 Å². The molecule has 0 aliphatic carbocycles. The van der Waals surface area contributed by atoms with E-state index in [4.69, 9.17) is 14.6 Å². The van der Waals surface area contributed by atoms with Crippen LogP contribution < -0.4 is 9.47 Å². The quantitative estimate of drug-likeness (QED) is 0.760. The minimum Gasteiger partial charge on any atom is -0.504 e. The Kier molecular flexibility index (Phi) is 2.81. The van der Waals surface area contributed by atoms with Crippen molar-refractivity contribution in [1.29, 1.82) is 0 Å². The molecule has 0 aliphatic heterocycles. The summed E-state index contributed by atoms with van der Waals surface area (Å²) in [6.45, 7) is 0. The molecule has 5 nitrogen and oxygen atoms in total. The van der Waals surface area contributed by atoms with Crippen molar-refractivity contribution < 1.29 is 24.5 Å². The molecule has 1 rings (SSSR count). The fraction of sp³-hybridized carbons (Fsp3) is 0.222. The molecular formula is C9H10O5. The lowest BCUT2D eigenvalue weighted by Gasteiger charge is -2.09. The van der Waals surface area contributed by atoms with Crippen LogP contribution in [-0.4, -0.2) is 30.4 Å². The Labute approximate surface area is 80.5 Å². The Morgan fingerprint density at radius 3 is 2.36 bits per heavy atom. The molecule has 0 heterocycles. The number of hydrogen-bond acceptors (Lipinski definition) is 4. The zero-order valence-corrected chi connectivity index (χ0v) is 7.77. The topological polar surface area (TPSA) is 76.0 Å². The van der Waals surface area contributed by atoms with E-state index >= 15 is 0 Å². The molecule has 0 aliphatic rings. The van der Waals surface area contributed by atoms with Crippen LogP contribution in [0.3, 0.4) is 0 Å². The maximum Gasteiger partial charge on any atom is 0.339 e. The summed E-state index contributed by atoms with van der Waals surface area (Å²) in [5.74, 6) is -1.25. The number of benzene rings is 1. The molecule has 1 aromatic rings. The standard InChI is InChI=1S/C9H10O5/c1-13-5-3-6(9(11)12)8(14-2)7(10)4-5/h3-4,10H,1-2H3,(H,11,12). The first-order chi connectivity index (χ1) is 6.60. The molecule has 0 saturated carbocycles. The Morgan fingerprint density at radius 1 is 1.29 bits per heavy atom. The van der Waals surface area contributed by atoms with E-state index in [-0.39, 0.29) is 22.8 Å². The summed E-state index contributed by atoms with van der Waals surface area (Å²) in [7, 11) is 2.67. The van der Waals surface area contributed by atoms with Crippen LogP contribution in [0.4, 0.5) is 0 Å². The molecule has 1 aromatic carbocycles. The molecule has 76 valence electrons. The Balaban J connectivity index is 3.35. The van der Waals surface area contributed by atoms with Gasteiger partial charge in [0.15, 0.2) is 11.5 Å². The van der Waals surface area contributed by atoms with E-state index in [0.717, 1.165) is 0 Å². The molecule has 0 spiro atoms. The normalized spacial score (nSPS) is 9.57. The van der Waals surface area contributed by atoms with Gasteiger partial charge in [0.05, 0.1) is 14.2 Å². The summed E-state index contributed by atoms with van der Waals surface area (Å²) in [5.41, 5.74) is -0.135. The molecule has 0 atom stereocenters. The van der Waals surface area contributed by atoms with Gasteiger partial charge in [0.2, 0.25) is 0 Å². The molecule has 0 unspecified atom stereocenters. The molecule has 5 heteroatoms. The number of phenols is 1. The molecule has 0 aromatic heterocycles. The fourth-order valence-electron chi connectivity index (χ4n) is 1.08. The van der Waals surface area contributed by atoms with Gasteiger partial charge in [-0.3, -0.25) is 0 Å². The van der Waals surface area contributed by atoms with Gasteiger partial charge in [-0.15, -0.1) is 0 Å². The summed E-state index contributed by atoms with van der Waals surface area (Å²) in [6, 6.07) is 2.56. The van der Waals surface area contributed by atoms with E-state index in [0.29, 0.717) is 0 Å². The molecule has 2 N–H and O–H groups in total. The molecule has 0 radical (unpaired) electrons. The minimum absolute atomic E-state index is 0.0710. The first-order valence-corrected chi connectivity index (χ1v) is 3.78. The predicted octanol–water partition coefficient (Wildman–Crippen LogP) is 1.11. The molecular weight excluding hydrogens is 188 g/mol. The van der Waals surface area contributed by atoms with Crippen LogP contribution in [-0.2, 0) is 0 Å². The number of hydrogen-bond donors (Lipinski definition) is 2. The second-order valence-electron chi connectivity index (χ2n) is 2.53. The Bertz CT molecular complexity index is 358. The van der Waals surface area contributed by atoms with E-state index in [1.807, 2.05) is 0 Å². The second-order valence-corrected chi connectivity index (χ2v) is 2.53. The van der Waals surface area contributed by atoms with Crippen molar-refractivity contribution in [2.75, 3.05) is 14.2 Å². The van der Waals surface area contributed by atoms with Crippen LogP contribution in [0.15, 0.2) is 12.1 Å². The average Bonchev–Trinajstić information content (AvgIpc) is 2.16. The van der Waals surface area contributed by atoms with Crippen molar-refractivity contribution in [2.45, 2.75) is 0 Å². The van der Waals surface area contributed by atoms with Gasteiger partial charge >= 0.3 is 5.97 Å². The second kappa shape index (κ2) is 3.87.